The number of nitrogen functional groups attached to an aromatic ring is 1. The van der Waals surface area contributed by atoms with E-state index in [-0.39, 0.29) is 5.25 Å². The molecule has 3 N–H and O–H groups in total. The fourth-order valence-electron chi connectivity index (χ4n) is 2.09. The lowest BCUT2D eigenvalue weighted by Crippen LogP contribution is -2.17. The number of sulfonamides is 1. The Hall–Kier alpha value is -2.21. The molecule has 0 radical (unpaired) electrons. The second-order valence-corrected chi connectivity index (χ2v) is 7.37. The predicted molar refractivity (Wildman–Crippen MR) is 87.2 cm³/mol. The molecule has 0 aromatic heterocycles. The van der Waals surface area contributed by atoms with Crippen LogP contribution < -0.4 is 15.2 Å². The molecule has 1 fully saturated rings. The first kappa shape index (κ1) is 14.7. The number of rotatable bonds is 6. The molecule has 0 unspecified atom stereocenters. The summed E-state index contributed by atoms with van der Waals surface area (Å²) in [5.41, 5.74) is 7.96. The molecule has 0 amide bonds. The number of nitrogens with two attached hydrogens (primary N) is 1. The Labute approximate surface area is 130 Å². The van der Waals surface area contributed by atoms with Gasteiger partial charge in [0.2, 0.25) is 10.0 Å². The summed E-state index contributed by atoms with van der Waals surface area (Å²) in [5, 5.41) is -0.230. The van der Waals surface area contributed by atoms with Crippen molar-refractivity contribution < 1.29 is 13.2 Å². The van der Waals surface area contributed by atoms with Gasteiger partial charge in [0, 0.05) is 11.4 Å². The van der Waals surface area contributed by atoms with Crippen LogP contribution in [0.5, 0.6) is 5.75 Å². The average Bonchev–Trinajstić information content (AvgIpc) is 3.31. The zero-order valence-electron chi connectivity index (χ0n) is 12.0. The molecule has 1 saturated carbocycles. The molecule has 0 saturated heterocycles. The van der Waals surface area contributed by atoms with Crippen molar-refractivity contribution in [1.29, 1.82) is 0 Å². The minimum absolute atomic E-state index is 0.230. The van der Waals surface area contributed by atoms with Crippen LogP contribution in [-0.2, 0) is 16.6 Å². The molecule has 116 valence electrons. The van der Waals surface area contributed by atoms with Gasteiger partial charge in [-0.05, 0) is 54.8 Å². The molecule has 0 heterocycles. The fraction of sp³-hybridized carbons (Fsp3) is 0.250. The van der Waals surface area contributed by atoms with Crippen LogP contribution in [0, 0.1) is 0 Å². The summed E-state index contributed by atoms with van der Waals surface area (Å²) in [7, 11) is -3.22. The van der Waals surface area contributed by atoms with Crippen LogP contribution in [0.25, 0.3) is 0 Å². The minimum Gasteiger partial charge on any atom is -0.489 e. The highest BCUT2D eigenvalue weighted by Gasteiger charge is 2.35. The Balaban J connectivity index is 1.59. The van der Waals surface area contributed by atoms with E-state index in [0.717, 1.165) is 18.4 Å². The first-order chi connectivity index (χ1) is 10.5. The van der Waals surface area contributed by atoms with Crippen molar-refractivity contribution in [2.24, 2.45) is 0 Å². The third kappa shape index (κ3) is 3.71. The standard InChI is InChI=1S/C16H18N2O3S/c17-13-3-1-2-12(10-13)11-21-15-6-4-14(5-7-15)18-22(19,20)16-8-9-16/h1-7,10,16,18H,8-9,11,17H2. The number of nitrogens with one attached hydrogen (secondary N) is 1. The Morgan fingerprint density at radius 2 is 1.86 bits per heavy atom. The lowest BCUT2D eigenvalue weighted by Gasteiger charge is -2.09. The first-order valence-corrected chi connectivity index (χ1v) is 8.66. The molecular formula is C16H18N2O3S. The highest BCUT2D eigenvalue weighted by atomic mass is 32.2. The van der Waals surface area contributed by atoms with Crippen molar-refractivity contribution in [3.05, 3.63) is 54.1 Å². The van der Waals surface area contributed by atoms with Crippen molar-refractivity contribution in [2.75, 3.05) is 10.5 Å². The van der Waals surface area contributed by atoms with Gasteiger partial charge >= 0.3 is 0 Å². The summed E-state index contributed by atoms with van der Waals surface area (Å²) in [6.07, 6.45) is 1.49. The maximum Gasteiger partial charge on any atom is 0.235 e. The zero-order chi connectivity index (χ0) is 15.6. The summed E-state index contributed by atoms with van der Waals surface area (Å²) in [4.78, 5) is 0. The second kappa shape index (κ2) is 5.88. The summed E-state index contributed by atoms with van der Waals surface area (Å²) in [5.74, 6) is 0.678. The van der Waals surface area contributed by atoms with Gasteiger partial charge in [0.05, 0.1) is 5.25 Å². The van der Waals surface area contributed by atoms with Crippen LogP contribution in [0.1, 0.15) is 18.4 Å². The predicted octanol–water partition coefficient (Wildman–Crippen LogP) is 2.75. The number of benzene rings is 2. The van der Waals surface area contributed by atoms with Gasteiger partial charge in [0.25, 0.3) is 0 Å². The minimum atomic E-state index is -3.22. The second-order valence-electron chi connectivity index (χ2n) is 5.40. The number of ether oxygens (including phenoxy) is 1. The van der Waals surface area contributed by atoms with Crippen molar-refractivity contribution in [2.45, 2.75) is 24.7 Å². The van der Waals surface area contributed by atoms with E-state index in [9.17, 15) is 8.42 Å². The Bertz CT molecular complexity index is 753. The SMILES string of the molecule is Nc1cccc(COc2ccc(NS(=O)(=O)C3CC3)cc2)c1. The fourth-order valence-corrected chi connectivity index (χ4v) is 3.48. The van der Waals surface area contributed by atoms with E-state index < -0.39 is 10.0 Å². The van der Waals surface area contributed by atoms with Crippen LogP contribution in [0.4, 0.5) is 11.4 Å². The molecule has 3 rings (SSSR count). The van der Waals surface area contributed by atoms with Gasteiger partial charge in [-0.25, -0.2) is 8.42 Å². The van der Waals surface area contributed by atoms with Gasteiger partial charge in [-0.2, -0.15) is 0 Å². The Morgan fingerprint density at radius 3 is 2.50 bits per heavy atom. The molecule has 0 atom stereocenters. The lowest BCUT2D eigenvalue weighted by molar-refractivity contribution is 0.306. The van der Waals surface area contributed by atoms with Crippen molar-refractivity contribution in [1.82, 2.24) is 0 Å². The molecule has 22 heavy (non-hydrogen) atoms. The zero-order valence-corrected chi connectivity index (χ0v) is 12.8. The van der Waals surface area contributed by atoms with E-state index in [2.05, 4.69) is 4.72 Å². The third-order valence-electron chi connectivity index (χ3n) is 3.43. The van der Waals surface area contributed by atoms with Gasteiger partial charge in [0.1, 0.15) is 12.4 Å². The molecule has 0 spiro atoms. The smallest absolute Gasteiger partial charge is 0.235 e. The number of anilines is 2. The van der Waals surface area contributed by atoms with Crippen LogP contribution in [-0.4, -0.2) is 13.7 Å². The van der Waals surface area contributed by atoms with Crippen LogP contribution in [0.2, 0.25) is 0 Å². The van der Waals surface area contributed by atoms with Gasteiger partial charge in [-0.1, -0.05) is 12.1 Å². The topological polar surface area (TPSA) is 81.4 Å². The van der Waals surface area contributed by atoms with E-state index in [0.29, 0.717) is 23.7 Å². The molecule has 2 aromatic carbocycles. The molecule has 0 aliphatic heterocycles. The first-order valence-electron chi connectivity index (χ1n) is 7.12. The molecule has 6 heteroatoms. The maximum atomic E-state index is 11.8. The van der Waals surface area contributed by atoms with Gasteiger partial charge in [0.15, 0.2) is 0 Å². The van der Waals surface area contributed by atoms with Crippen molar-refractivity contribution in [3.63, 3.8) is 0 Å². The number of hydrogen-bond acceptors (Lipinski definition) is 4. The monoisotopic (exact) mass is 318 g/mol. The van der Waals surface area contributed by atoms with E-state index in [1.54, 1.807) is 24.3 Å². The maximum absolute atomic E-state index is 11.8. The van der Waals surface area contributed by atoms with Gasteiger partial charge in [-0.3, -0.25) is 4.72 Å². The van der Waals surface area contributed by atoms with Crippen molar-refractivity contribution in [3.8, 4) is 5.75 Å². The van der Waals surface area contributed by atoms with Crippen LogP contribution >= 0.6 is 0 Å². The van der Waals surface area contributed by atoms with Crippen LogP contribution in [0.3, 0.4) is 0 Å². The normalized spacial score (nSPS) is 14.5. The van der Waals surface area contributed by atoms with E-state index in [1.165, 1.54) is 0 Å². The summed E-state index contributed by atoms with van der Waals surface area (Å²) in [6, 6.07) is 14.4. The van der Waals surface area contributed by atoms with Crippen molar-refractivity contribution >= 4 is 21.4 Å². The average molecular weight is 318 g/mol. The highest BCUT2D eigenvalue weighted by molar-refractivity contribution is 7.93. The summed E-state index contributed by atoms with van der Waals surface area (Å²) in [6.45, 7) is 0.415. The van der Waals surface area contributed by atoms with Gasteiger partial charge < -0.3 is 10.5 Å². The van der Waals surface area contributed by atoms with Crippen LogP contribution in [0.15, 0.2) is 48.5 Å². The molecule has 1 aliphatic rings. The van der Waals surface area contributed by atoms with E-state index in [1.807, 2.05) is 24.3 Å². The third-order valence-corrected chi connectivity index (χ3v) is 5.30. The number of hydrogen-bond donors (Lipinski definition) is 2. The summed E-state index contributed by atoms with van der Waals surface area (Å²) < 4.78 is 31.9. The van der Waals surface area contributed by atoms with E-state index in [4.69, 9.17) is 10.5 Å². The molecular weight excluding hydrogens is 300 g/mol. The Morgan fingerprint density at radius 1 is 1.14 bits per heavy atom. The lowest BCUT2D eigenvalue weighted by atomic mass is 10.2. The largest absolute Gasteiger partial charge is 0.489 e. The summed E-state index contributed by atoms with van der Waals surface area (Å²) >= 11 is 0. The highest BCUT2D eigenvalue weighted by Crippen LogP contribution is 2.30. The van der Waals surface area contributed by atoms with Gasteiger partial charge in [-0.15, -0.1) is 0 Å². The molecule has 2 aromatic rings. The quantitative estimate of drug-likeness (QED) is 0.802. The molecule has 1 aliphatic carbocycles. The van der Waals surface area contributed by atoms with E-state index >= 15 is 0 Å². The molecule has 5 nitrogen and oxygen atoms in total. The molecule has 0 bridgehead atoms. The Kier molecular flexibility index (Phi) is 3.94.